The van der Waals surface area contributed by atoms with Crippen molar-refractivity contribution in [1.82, 2.24) is 4.90 Å². The first-order chi connectivity index (χ1) is 14.7. The lowest BCUT2D eigenvalue weighted by Crippen LogP contribution is -2.27. The van der Waals surface area contributed by atoms with Gasteiger partial charge in [0.05, 0.1) is 18.6 Å². The molecule has 4 rings (SSSR count). The molecule has 0 bridgehead atoms. The molecule has 1 aliphatic carbocycles. The molecule has 0 amide bonds. The number of benzene rings is 3. The Balaban J connectivity index is 1.49. The van der Waals surface area contributed by atoms with Crippen LogP contribution in [0.2, 0.25) is 0 Å². The van der Waals surface area contributed by atoms with Crippen molar-refractivity contribution in [3.8, 4) is 11.8 Å². The van der Waals surface area contributed by atoms with Crippen LogP contribution in [0.1, 0.15) is 23.1 Å². The molecule has 0 heterocycles. The molecule has 0 aliphatic heterocycles. The lowest BCUT2D eigenvalue weighted by molar-refractivity contribution is 0.235. The van der Waals surface area contributed by atoms with Gasteiger partial charge >= 0.3 is 0 Å². The summed E-state index contributed by atoms with van der Waals surface area (Å²) < 4.78 is 5.40. The number of hydrogen-bond acceptors (Lipinski definition) is 3. The van der Waals surface area contributed by atoms with Crippen LogP contribution in [0, 0.1) is 22.7 Å². The molecule has 0 saturated heterocycles. The largest absolute Gasteiger partial charge is 0.497 e. The molecule has 3 aromatic rings. The van der Waals surface area contributed by atoms with Crippen LogP contribution in [0.3, 0.4) is 0 Å². The predicted molar refractivity (Wildman–Crippen MR) is 120 cm³/mol. The summed E-state index contributed by atoms with van der Waals surface area (Å²) in [6.07, 6.45) is 1.81. The van der Waals surface area contributed by atoms with Gasteiger partial charge in [-0.2, -0.15) is 5.26 Å². The van der Waals surface area contributed by atoms with Crippen LogP contribution in [-0.2, 0) is 19.5 Å². The Labute approximate surface area is 179 Å². The summed E-state index contributed by atoms with van der Waals surface area (Å²) in [5, 5.41) is 9.96. The molecular weight excluding hydrogens is 368 g/mol. The molecule has 2 atom stereocenters. The minimum atomic E-state index is -0.231. The number of nitrogens with zero attached hydrogens (tertiary/aromatic N) is 2. The van der Waals surface area contributed by atoms with E-state index in [1.165, 1.54) is 16.7 Å². The second kappa shape index (κ2) is 9.15. The third-order valence-electron chi connectivity index (χ3n) is 6.08. The van der Waals surface area contributed by atoms with Gasteiger partial charge < -0.3 is 4.74 Å². The van der Waals surface area contributed by atoms with Crippen molar-refractivity contribution in [3.05, 3.63) is 102 Å². The summed E-state index contributed by atoms with van der Waals surface area (Å²) >= 11 is 0. The van der Waals surface area contributed by atoms with Gasteiger partial charge in [0.15, 0.2) is 0 Å². The lowest BCUT2D eigenvalue weighted by atomic mass is 9.95. The van der Waals surface area contributed by atoms with E-state index >= 15 is 0 Å². The highest BCUT2D eigenvalue weighted by atomic mass is 16.5. The Bertz CT molecular complexity index is 996. The van der Waals surface area contributed by atoms with Crippen LogP contribution >= 0.6 is 0 Å². The highest BCUT2D eigenvalue weighted by Gasteiger charge is 2.54. The van der Waals surface area contributed by atoms with E-state index in [0.29, 0.717) is 5.92 Å². The van der Waals surface area contributed by atoms with E-state index in [9.17, 15) is 5.26 Å². The van der Waals surface area contributed by atoms with Crippen molar-refractivity contribution in [2.75, 3.05) is 13.7 Å². The maximum atomic E-state index is 9.96. The highest BCUT2D eigenvalue weighted by Crippen LogP contribution is 2.54. The Kier molecular flexibility index (Phi) is 6.16. The molecule has 0 N–H and O–H groups in total. The zero-order chi connectivity index (χ0) is 20.8. The Hall–Kier alpha value is -3.09. The van der Waals surface area contributed by atoms with Crippen molar-refractivity contribution in [3.63, 3.8) is 0 Å². The van der Waals surface area contributed by atoms with E-state index in [0.717, 1.165) is 38.2 Å². The monoisotopic (exact) mass is 396 g/mol. The molecule has 152 valence electrons. The summed E-state index contributed by atoms with van der Waals surface area (Å²) in [5.74, 6) is 1.28. The molecular formula is C27H28N2O. The Morgan fingerprint density at radius 2 is 1.53 bits per heavy atom. The van der Waals surface area contributed by atoms with Crippen molar-refractivity contribution in [2.24, 2.45) is 11.3 Å². The third kappa shape index (κ3) is 4.90. The Morgan fingerprint density at radius 3 is 2.20 bits per heavy atom. The number of hydrogen-bond donors (Lipinski definition) is 0. The van der Waals surface area contributed by atoms with E-state index < -0.39 is 0 Å². The predicted octanol–water partition coefficient (Wildman–Crippen LogP) is 5.47. The van der Waals surface area contributed by atoms with E-state index in [-0.39, 0.29) is 5.41 Å². The van der Waals surface area contributed by atoms with E-state index in [2.05, 4.69) is 77.7 Å². The zero-order valence-electron chi connectivity index (χ0n) is 17.5. The molecule has 1 fully saturated rings. The smallest absolute Gasteiger partial charge is 0.119 e. The quantitative estimate of drug-likeness (QED) is 0.481. The van der Waals surface area contributed by atoms with Crippen LogP contribution in [0.15, 0.2) is 84.9 Å². The molecule has 3 nitrogen and oxygen atoms in total. The average Bonchev–Trinajstić information content (AvgIpc) is 3.47. The summed E-state index contributed by atoms with van der Waals surface area (Å²) in [6, 6.07) is 31.9. The average molecular weight is 397 g/mol. The zero-order valence-corrected chi connectivity index (χ0v) is 17.5. The van der Waals surface area contributed by atoms with Crippen LogP contribution < -0.4 is 4.74 Å². The van der Waals surface area contributed by atoms with Gasteiger partial charge in [-0.1, -0.05) is 72.8 Å². The first-order valence-corrected chi connectivity index (χ1v) is 10.6. The number of nitriles is 1. The van der Waals surface area contributed by atoms with Gasteiger partial charge in [-0.15, -0.1) is 0 Å². The number of ether oxygens (including phenoxy) is 1. The van der Waals surface area contributed by atoms with Crippen molar-refractivity contribution >= 4 is 0 Å². The lowest BCUT2D eigenvalue weighted by Gasteiger charge is -2.24. The third-order valence-corrected chi connectivity index (χ3v) is 6.08. The standard InChI is InChI=1S/C27H28N2O/c1-30-26-14-8-13-24(15-26)19-29(18-23-11-6-3-7-12-23)20-25-17-27(25,21-28)16-22-9-4-2-5-10-22/h2-15,25H,16-20H2,1H3/t25-,27-/m0/s1. The minimum Gasteiger partial charge on any atom is -0.497 e. The topological polar surface area (TPSA) is 36.3 Å². The SMILES string of the molecule is COc1cccc(CN(Cc2ccccc2)C[C@@H]2C[C@]2(C#N)Cc2ccccc2)c1. The van der Waals surface area contributed by atoms with Crippen molar-refractivity contribution < 1.29 is 4.74 Å². The fourth-order valence-electron chi connectivity index (χ4n) is 4.34. The van der Waals surface area contributed by atoms with Gasteiger partial charge in [-0.3, -0.25) is 4.90 Å². The van der Waals surface area contributed by atoms with Gasteiger partial charge in [0, 0.05) is 19.6 Å². The van der Waals surface area contributed by atoms with Gasteiger partial charge in [-0.25, -0.2) is 0 Å². The van der Waals surface area contributed by atoms with Crippen molar-refractivity contribution in [1.29, 1.82) is 5.26 Å². The van der Waals surface area contributed by atoms with Gasteiger partial charge in [0.2, 0.25) is 0 Å². The molecule has 0 spiro atoms. The van der Waals surface area contributed by atoms with E-state index in [1.54, 1.807) is 7.11 Å². The fourth-order valence-corrected chi connectivity index (χ4v) is 4.34. The normalized spacial score (nSPS) is 20.0. The fraction of sp³-hybridized carbons (Fsp3) is 0.296. The second-order valence-electron chi connectivity index (χ2n) is 8.34. The summed E-state index contributed by atoms with van der Waals surface area (Å²) in [6.45, 7) is 2.64. The molecule has 3 aromatic carbocycles. The van der Waals surface area contributed by atoms with Gasteiger partial charge in [0.1, 0.15) is 5.75 Å². The van der Waals surface area contributed by atoms with Crippen LogP contribution in [0.4, 0.5) is 0 Å². The molecule has 3 heteroatoms. The summed E-state index contributed by atoms with van der Waals surface area (Å²) in [5.41, 5.74) is 3.55. The first kappa shape index (κ1) is 20.2. The van der Waals surface area contributed by atoms with Crippen LogP contribution in [0.25, 0.3) is 0 Å². The maximum Gasteiger partial charge on any atom is 0.119 e. The molecule has 0 radical (unpaired) electrons. The van der Waals surface area contributed by atoms with Crippen LogP contribution in [0.5, 0.6) is 5.75 Å². The van der Waals surface area contributed by atoms with Crippen LogP contribution in [-0.4, -0.2) is 18.6 Å². The van der Waals surface area contributed by atoms with Gasteiger partial charge in [-0.05, 0) is 47.6 Å². The molecule has 1 aliphatic rings. The van der Waals surface area contributed by atoms with E-state index in [4.69, 9.17) is 4.74 Å². The maximum absolute atomic E-state index is 9.96. The van der Waals surface area contributed by atoms with Crippen molar-refractivity contribution in [2.45, 2.75) is 25.9 Å². The summed E-state index contributed by atoms with van der Waals surface area (Å²) in [7, 11) is 1.70. The Morgan fingerprint density at radius 1 is 0.900 bits per heavy atom. The first-order valence-electron chi connectivity index (χ1n) is 10.6. The molecule has 0 aromatic heterocycles. The number of methoxy groups -OCH3 is 1. The minimum absolute atomic E-state index is 0.231. The molecule has 1 saturated carbocycles. The number of rotatable bonds is 9. The molecule has 0 unspecified atom stereocenters. The van der Waals surface area contributed by atoms with E-state index in [1.807, 2.05) is 18.2 Å². The summed E-state index contributed by atoms with van der Waals surface area (Å²) in [4.78, 5) is 2.47. The second-order valence-corrected chi connectivity index (χ2v) is 8.34. The van der Waals surface area contributed by atoms with Gasteiger partial charge in [0.25, 0.3) is 0 Å². The highest BCUT2D eigenvalue weighted by molar-refractivity contribution is 5.29. The molecule has 30 heavy (non-hydrogen) atoms.